The summed E-state index contributed by atoms with van der Waals surface area (Å²) < 4.78 is 11.0. The van der Waals surface area contributed by atoms with Crippen molar-refractivity contribution in [3.8, 4) is 22.6 Å². The Morgan fingerprint density at radius 1 is 0.655 bits per heavy atom. The first-order chi connectivity index (χ1) is 14.1. The molecule has 0 atom stereocenters. The molecule has 0 N–H and O–H groups in total. The highest BCUT2D eigenvalue weighted by molar-refractivity contribution is 5.64. The number of ether oxygens (including phenoxy) is 2. The van der Waals surface area contributed by atoms with E-state index in [-0.39, 0.29) is 12.4 Å². The molecule has 0 aliphatic rings. The zero-order valence-corrected chi connectivity index (χ0v) is 15.4. The van der Waals surface area contributed by atoms with Crippen LogP contribution >= 0.6 is 0 Å². The minimum Gasteiger partial charge on any atom is -0.493 e. The van der Waals surface area contributed by atoms with Crippen LogP contribution in [0.4, 0.5) is 11.4 Å². The van der Waals surface area contributed by atoms with Crippen molar-refractivity contribution >= 4 is 11.4 Å². The van der Waals surface area contributed by atoms with E-state index in [1.165, 1.54) is 18.2 Å². The van der Waals surface area contributed by atoms with Crippen molar-refractivity contribution in [1.29, 1.82) is 0 Å². The molecule has 3 aromatic rings. The summed E-state index contributed by atoms with van der Waals surface area (Å²) in [6.07, 6.45) is 0.406. The summed E-state index contributed by atoms with van der Waals surface area (Å²) in [4.78, 5) is 20.8. The molecular weight excluding hydrogens is 376 g/mol. The van der Waals surface area contributed by atoms with Crippen LogP contribution in [0.25, 0.3) is 11.1 Å². The van der Waals surface area contributed by atoms with Gasteiger partial charge in [0, 0.05) is 18.6 Å². The molecule has 8 heteroatoms. The highest BCUT2D eigenvalue weighted by Crippen LogP contribution is 2.36. The van der Waals surface area contributed by atoms with Crippen LogP contribution in [0.1, 0.15) is 6.42 Å². The smallest absolute Gasteiger partial charge is 0.318 e. The van der Waals surface area contributed by atoms with E-state index in [1.807, 2.05) is 54.6 Å². The fraction of sp³-hybridized carbons (Fsp3) is 0.143. The molecule has 0 amide bonds. The lowest BCUT2D eigenvalue weighted by Gasteiger charge is -2.09. The first-order valence-electron chi connectivity index (χ1n) is 8.89. The summed E-state index contributed by atoms with van der Waals surface area (Å²) in [5.74, 6) is 0.344. The Morgan fingerprint density at radius 2 is 1.21 bits per heavy atom. The molecule has 0 unspecified atom stereocenters. The standard InChI is InChI=1S/C21H18N2O6/c24-22(25)19-8-4-9-20(23(26)27)21(19)29-15-5-14-28-18-12-10-17(11-13-18)16-6-2-1-3-7-16/h1-4,6-13H,5,14-15H2. The average molecular weight is 394 g/mol. The molecule has 3 aromatic carbocycles. The lowest BCUT2D eigenvalue weighted by Crippen LogP contribution is -2.07. The summed E-state index contributed by atoms with van der Waals surface area (Å²) in [6, 6.07) is 21.2. The van der Waals surface area contributed by atoms with Crippen molar-refractivity contribution in [3.63, 3.8) is 0 Å². The van der Waals surface area contributed by atoms with Crippen LogP contribution in [0.5, 0.6) is 11.5 Å². The van der Waals surface area contributed by atoms with Gasteiger partial charge in [0.1, 0.15) is 5.75 Å². The van der Waals surface area contributed by atoms with Crippen molar-refractivity contribution in [2.75, 3.05) is 13.2 Å². The molecule has 0 bridgehead atoms. The number of hydrogen-bond donors (Lipinski definition) is 0. The number of nitrogens with zero attached hydrogens (tertiary/aromatic N) is 2. The lowest BCUT2D eigenvalue weighted by molar-refractivity contribution is -0.396. The van der Waals surface area contributed by atoms with Crippen molar-refractivity contribution in [2.24, 2.45) is 0 Å². The van der Waals surface area contributed by atoms with E-state index in [0.717, 1.165) is 11.1 Å². The number of benzene rings is 3. The normalized spacial score (nSPS) is 10.3. The van der Waals surface area contributed by atoms with Gasteiger partial charge in [0.15, 0.2) is 0 Å². The lowest BCUT2D eigenvalue weighted by atomic mass is 10.1. The largest absolute Gasteiger partial charge is 0.493 e. The number of rotatable bonds is 9. The topological polar surface area (TPSA) is 105 Å². The molecule has 0 aliphatic heterocycles. The minimum absolute atomic E-state index is 0.0494. The Balaban J connectivity index is 1.53. The van der Waals surface area contributed by atoms with Gasteiger partial charge >= 0.3 is 11.4 Å². The van der Waals surface area contributed by atoms with E-state index in [4.69, 9.17) is 9.47 Å². The predicted molar refractivity (Wildman–Crippen MR) is 107 cm³/mol. The summed E-state index contributed by atoms with van der Waals surface area (Å²) in [5, 5.41) is 22.2. The maximum absolute atomic E-state index is 11.1. The minimum atomic E-state index is -0.701. The molecule has 0 saturated carbocycles. The van der Waals surface area contributed by atoms with Crippen molar-refractivity contribution < 1.29 is 19.3 Å². The highest BCUT2D eigenvalue weighted by atomic mass is 16.6. The Labute approximate surface area is 166 Å². The molecular formula is C21H18N2O6. The second-order valence-electron chi connectivity index (χ2n) is 6.08. The van der Waals surface area contributed by atoms with Gasteiger partial charge in [-0.2, -0.15) is 0 Å². The van der Waals surface area contributed by atoms with Crippen molar-refractivity contribution in [2.45, 2.75) is 6.42 Å². The molecule has 0 saturated heterocycles. The second-order valence-corrected chi connectivity index (χ2v) is 6.08. The number of nitro groups is 2. The fourth-order valence-corrected chi connectivity index (χ4v) is 2.75. The maximum Gasteiger partial charge on any atom is 0.318 e. The van der Waals surface area contributed by atoms with Crippen LogP contribution in [0.15, 0.2) is 72.8 Å². The van der Waals surface area contributed by atoms with Crippen LogP contribution in [-0.2, 0) is 0 Å². The summed E-state index contributed by atoms with van der Waals surface area (Å²) in [5.41, 5.74) is 1.32. The van der Waals surface area contributed by atoms with Gasteiger partial charge in [-0.1, -0.05) is 42.5 Å². The SMILES string of the molecule is O=[N+]([O-])c1cccc([N+](=O)[O-])c1OCCCOc1ccc(-c2ccccc2)cc1. The van der Waals surface area contributed by atoms with E-state index in [0.29, 0.717) is 18.8 Å². The quantitative estimate of drug-likeness (QED) is 0.287. The molecule has 148 valence electrons. The molecule has 8 nitrogen and oxygen atoms in total. The number of nitro benzene ring substituents is 2. The molecule has 3 rings (SSSR count). The van der Waals surface area contributed by atoms with Gasteiger partial charge in [-0.05, 0) is 29.3 Å². The second kappa shape index (κ2) is 9.32. The number of para-hydroxylation sites is 1. The molecule has 0 fully saturated rings. The summed E-state index contributed by atoms with van der Waals surface area (Å²) >= 11 is 0. The van der Waals surface area contributed by atoms with Crippen LogP contribution in [0, 0.1) is 20.2 Å². The zero-order chi connectivity index (χ0) is 20.6. The molecule has 29 heavy (non-hydrogen) atoms. The Morgan fingerprint density at radius 3 is 1.79 bits per heavy atom. The molecule has 0 aromatic heterocycles. The first kappa shape index (κ1) is 19.8. The molecule has 0 aliphatic carbocycles. The Bertz CT molecular complexity index is 958. The van der Waals surface area contributed by atoms with Gasteiger partial charge in [0.2, 0.25) is 0 Å². The van der Waals surface area contributed by atoms with Crippen LogP contribution < -0.4 is 9.47 Å². The molecule has 0 radical (unpaired) electrons. The highest BCUT2D eigenvalue weighted by Gasteiger charge is 2.26. The number of hydrogen-bond acceptors (Lipinski definition) is 6. The Kier molecular flexibility index (Phi) is 6.36. The van der Waals surface area contributed by atoms with Gasteiger partial charge in [0.25, 0.3) is 5.75 Å². The first-order valence-corrected chi connectivity index (χ1v) is 8.89. The average Bonchev–Trinajstić information content (AvgIpc) is 2.74. The predicted octanol–water partition coefficient (Wildman–Crippen LogP) is 5.02. The third-order valence-corrected chi connectivity index (χ3v) is 4.13. The monoisotopic (exact) mass is 394 g/mol. The van der Waals surface area contributed by atoms with E-state index >= 15 is 0 Å². The Hall–Kier alpha value is -3.94. The van der Waals surface area contributed by atoms with Crippen LogP contribution in [0.3, 0.4) is 0 Å². The molecule has 0 spiro atoms. The van der Waals surface area contributed by atoms with Gasteiger partial charge in [-0.15, -0.1) is 0 Å². The van der Waals surface area contributed by atoms with Gasteiger partial charge in [0.05, 0.1) is 23.1 Å². The van der Waals surface area contributed by atoms with E-state index in [9.17, 15) is 20.2 Å². The summed E-state index contributed by atoms with van der Waals surface area (Å²) in [7, 11) is 0. The molecule has 0 heterocycles. The maximum atomic E-state index is 11.1. The van der Waals surface area contributed by atoms with E-state index in [1.54, 1.807) is 0 Å². The fourth-order valence-electron chi connectivity index (χ4n) is 2.75. The van der Waals surface area contributed by atoms with Crippen LogP contribution in [0.2, 0.25) is 0 Å². The van der Waals surface area contributed by atoms with E-state index < -0.39 is 21.2 Å². The third kappa shape index (κ3) is 5.07. The summed E-state index contributed by atoms with van der Waals surface area (Å²) in [6.45, 7) is 0.354. The third-order valence-electron chi connectivity index (χ3n) is 4.13. The van der Waals surface area contributed by atoms with Crippen molar-refractivity contribution in [1.82, 2.24) is 0 Å². The van der Waals surface area contributed by atoms with Crippen LogP contribution in [-0.4, -0.2) is 23.1 Å². The van der Waals surface area contributed by atoms with Gasteiger partial charge < -0.3 is 9.47 Å². The zero-order valence-electron chi connectivity index (χ0n) is 15.4. The van der Waals surface area contributed by atoms with E-state index in [2.05, 4.69) is 0 Å². The van der Waals surface area contributed by atoms with Crippen molar-refractivity contribution in [3.05, 3.63) is 93.0 Å². The van der Waals surface area contributed by atoms with Gasteiger partial charge in [-0.3, -0.25) is 20.2 Å². The van der Waals surface area contributed by atoms with Gasteiger partial charge in [-0.25, -0.2) is 0 Å².